The van der Waals surface area contributed by atoms with Crippen molar-refractivity contribution in [2.75, 3.05) is 11.1 Å². The van der Waals surface area contributed by atoms with Crippen LogP contribution in [0.5, 0.6) is 0 Å². The first-order valence-electron chi connectivity index (χ1n) is 11.0. The van der Waals surface area contributed by atoms with E-state index in [0.717, 1.165) is 18.2 Å². The topological polar surface area (TPSA) is 128 Å². The SMILES string of the molecule is CCCSc1nc(N[C@@H]2C[C@H]2c2ccc(F)c(F)c2)c(N=N)c([NH2+][C@@H]2C[C@H](C)[C@@H](O)C2=O)n1. The summed E-state index contributed by atoms with van der Waals surface area (Å²) in [4.78, 5) is 21.5. The average molecular weight is 478 g/mol. The monoisotopic (exact) mass is 477 g/mol. The molecule has 0 spiro atoms. The Hall–Kier alpha value is -2.50. The lowest BCUT2D eigenvalue weighted by atomic mass is 10.1. The maximum Gasteiger partial charge on any atom is 0.259 e. The summed E-state index contributed by atoms with van der Waals surface area (Å²) >= 11 is 1.47. The Balaban J connectivity index is 1.58. The molecule has 1 aromatic carbocycles. The third kappa shape index (κ3) is 5.04. The van der Waals surface area contributed by atoms with Crippen molar-refractivity contribution in [3.63, 3.8) is 0 Å². The number of halogens is 2. The Bertz CT molecular complexity index is 1070. The molecule has 11 heteroatoms. The summed E-state index contributed by atoms with van der Waals surface area (Å²) in [6.45, 7) is 3.87. The molecule has 4 rings (SSSR count). The van der Waals surface area contributed by atoms with E-state index in [4.69, 9.17) is 5.53 Å². The van der Waals surface area contributed by atoms with Gasteiger partial charge in [-0.15, -0.1) is 5.11 Å². The van der Waals surface area contributed by atoms with Crippen LogP contribution in [0.25, 0.3) is 0 Å². The smallest absolute Gasteiger partial charge is 0.259 e. The number of aliphatic hydroxyl groups excluding tert-OH is 1. The minimum atomic E-state index is -1.00. The third-order valence-electron chi connectivity index (χ3n) is 6.10. The molecular formula is C22H27F2N6O2S+. The Labute approximate surface area is 194 Å². The van der Waals surface area contributed by atoms with Gasteiger partial charge in [0.25, 0.3) is 5.82 Å². The molecule has 5 N–H and O–H groups in total. The highest BCUT2D eigenvalue weighted by Crippen LogP contribution is 2.44. The first-order chi connectivity index (χ1) is 15.8. The largest absolute Gasteiger partial charge is 0.385 e. The number of Topliss-reactive ketones (excluding diaryl/α,β-unsaturated/α-hetero) is 1. The normalized spacial score (nSPS) is 26.5. The van der Waals surface area contributed by atoms with E-state index in [-0.39, 0.29) is 29.3 Å². The van der Waals surface area contributed by atoms with Crippen LogP contribution in [0, 0.1) is 23.1 Å². The zero-order chi connectivity index (χ0) is 23.7. The quantitative estimate of drug-likeness (QED) is 0.249. The first-order valence-corrected chi connectivity index (χ1v) is 12.0. The number of thioether (sulfide) groups is 1. The van der Waals surface area contributed by atoms with Gasteiger partial charge < -0.3 is 10.4 Å². The number of carbonyl (C=O) groups is 1. The number of ketones is 1. The molecule has 0 aliphatic heterocycles. The fourth-order valence-corrected chi connectivity index (χ4v) is 4.87. The molecule has 33 heavy (non-hydrogen) atoms. The van der Waals surface area contributed by atoms with Crippen LogP contribution in [0.2, 0.25) is 0 Å². The van der Waals surface area contributed by atoms with Gasteiger partial charge in [-0.2, -0.15) is 4.98 Å². The van der Waals surface area contributed by atoms with Crippen molar-refractivity contribution in [1.29, 1.82) is 5.53 Å². The summed E-state index contributed by atoms with van der Waals surface area (Å²) in [6.07, 6.45) is 1.13. The predicted molar refractivity (Wildman–Crippen MR) is 119 cm³/mol. The average Bonchev–Trinajstić information content (AvgIpc) is 3.52. The van der Waals surface area contributed by atoms with Gasteiger partial charge >= 0.3 is 0 Å². The van der Waals surface area contributed by atoms with Crippen molar-refractivity contribution < 1.29 is 24.0 Å². The van der Waals surface area contributed by atoms with E-state index in [1.165, 1.54) is 17.8 Å². The second kappa shape index (κ2) is 9.78. The minimum Gasteiger partial charge on any atom is -0.385 e. The number of hydrogen-bond acceptors (Lipinski definition) is 8. The fourth-order valence-electron chi connectivity index (χ4n) is 4.16. The van der Waals surface area contributed by atoms with Crippen LogP contribution < -0.4 is 10.6 Å². The van der Waals surface area contributed by atoms with Crippen LogP contribution in [-0.4, -0.2) is 44.8 Å². The Morgan fingerprint density at radius 3 is 2.73 bits per heavy atom. The van der Waals surface area contributed by atoms with E-state index in [9.17, 15) is 18.7 Å². The molecule has 0 radical (unpaired) electrons. The van der Waals surface area contributed by atoms with Gasteiger partial charge in [-0.05, 0) is 36.5 Å². The number of quaternary nitrogens is 1. The summed E-state index contributed by atoms with van der Waals surface area (Å²) in [5.41, 5.74) is 8.63. The molecule has 1 heterocycles. The summed E-state index contributed by atoms with van der Waals surface area (Å²) in [5.74, 6) is -0.620. The van der Waals surface area contributed by atoms with Gasteiger partial charge in [0.15, 0.2) is 28.7 Å². The van der Waals surface area contributed by atoms with Crippen molar-refractivity contribution in [3.05, 3.63) is 35.4 Å². The van der Waals surface area contributed by atoms with E-state index in [2.05, 4.69) is 20.4 Å². The Morgan fingerprint density at radius 1 is 1.30 bits per heavy atom. The van der Waals surface area contributed by atoms with Gasteiger partial charge in [0.2, 0.25) is 11.5 Å². The number of carbonyl (C=O) groups excluding carboxylic acids is 1. The molecule has 8 nitrogen and oxygen atoms in total. The maximum absolute atomic E-state index is 13.6. The number of anilines is 1. The molecule has 176 valence electrons. The summed E-state index contributed by atoms with van der Waals surface area (Å²) < 4.78 is 26.9. The number of nitrogens with one attached hydrogen (secondary N) is 2. The summed E-state index contributed by atoms with van der Waals surface area (Å²) in [6, 6.07) is 3.32. The van der Waals surface area contributed by atoms with Gasteiger partial charge in [0.1, 0.15) is 6.10 Å². The van der Waals surface area contributed by atoms with Crippen LogP contribution >= 0.6 is 11.8 Å². The van der Waals surface area contributed by atoms with Crippen LogP contribution in [0.4, 0.5) is 26.1 Å². The molecule has 0 bridgehead atoms. The zero-order valence-corrected chi connectivity index (χ0v) is 19.2. The standard InChI is InChI=1S/C22H26F2N6O2S/c1-3-6-33-22-28-20(26-15-9-12(15)11-4-5-13(23)14(24)8-11)17(30-25)21(29-22)27-16-7-10(2)18(31)19(16)32/h4-5,8,10,12,15-16,18,25,31H,3,6-7,9H2,1-2H3,(H2,26,27,28,29)/p+1/t10-,12-,15+,16+,18+/m0/s1. The molecule has 0 unspecified atom stereocenters. The Morgan fingerprint density at radius 2 is 2.09 bits per heavy atom. The predicted octanol–water partition coefficient (Wildman–Crippen LogP) is 3.42. The molecule has 2 aliphatic rings. The van der Waals surface area contributed by atoms with E-state index in [0.29, 0.717) is 35.2 Å². The molecule has 2 saturated carbocycles. The van der Waals surface area contributed by atoms with E-state index in [1.807, 2.05) is 13.8 Å². The van der Waals surface area contributed by atoms with Crippen LogP contribution in [0.1, 0.15) is 44.6 Å². The van der Waals surface area contributed by atoms with E-state index in [1.54, 1.807) is 11.4 Å². The number of rotatable bonds is 9. The molecule has 2 aliphatic carbocycles. The number of nitrogens with two attached hydrogens (primary N) is 1. The zero-order valence-electron chi connectivity index (χ0n) is 18.4. The van der Waals surface area contributed by atoms with Crippen LogP contribution in [0.15, 0.2) is 28.5 Å². The highest BCUT2D eigenvalue weighted by atomic mass is 32.2. The lowest BCUT2D eigenvalue weighted by molar-refractivity contribution is -0.599. The fraction of sp³-hybridized carbons (Fsp3) is 0.500. The lowest BCUT2D eigenvalue weighted by Crippen LogP contribution is -2.86. The van der Waals surface area contributed by atoms with Crippen molar-refractivity contribution in [2.24, 2.45) is 11.0 Å². The highest BCUT2D eigenvalue weighted by Gasteiger charge is 2.43. The molecule has 5 atom stereocenters. The van der Waals surface area contributed by atoms with Gasteiger partial charge in [-0.1, -0.05) is 31.7 Å². The van der Waals surface area contributed by atoms with Crippen LogP contribution in [-0.2, 0) is 4.79 Å². The van der Waals surface area contributed by atoms with Crippen molar-refractivity contribution in [2.45, 2.75) is 62.4 Å². The highest BCUT2D eigenvalue weighted by molar-refractivity contribution is 7.99. The van der Waals surface area contributed by atoms with Crippen LogP contribution in [0.3, 0.4) is 0 Å². The summed E-state index contributed by atoms with van der Waals surface area (Å²) in [5, 5.41) is 19.1. The molecule has 1 aromatic heterocycles. The molecule has 0 amide bonds. The molecular weight excluding hydrogens is 450 g/mol. The van der Waals surface area contributed by atoms with Crippen molar-refractivity contribution in [1.82, 2.24) is 9.97 Å². The van der Waals surface area contributed by atoms with Gasteiger partial charge in [0, 0.05) is 24.1 Å². The Kier molecular flexibility index (Phi) is 7.01. The first kappa shape index (κ1) is 23.7. The molecule has 0 saturated heterocycles. The second-order valence-corrected chi connectivity index (χ2v) is 9.71. The molecule has 2 aromatic rings. The second-order valence-electron chi connectivity index (χ2n) is 8.65. The van der Waals surface area contributed by atoms with Crippen molar-refractivity contribution >= 4 is 34.9 Å². The number of benzene rings is 1. The number of aliphatic hydroxyl groups is 1. The van der Waals surface area contributed by atoms with Crippen molar-refractivity contribution in [3.8, 4) is 0 Å². The number of aromatic nitrogens is 2. The summed E-state index contributed by atoms with van der Waals surface area (Å²) in [7, 11) is 0. The number of hydrogen-bond donors (Lipinski definition) is 4. The van der Waals surface area contributed by atoms with E-state index >= 15 is 0 Å². The third-order valence-corrected chi connectivity index (χ3v) is 7.16. The van der Waals surface area contributed by atoms with Gasteiger partial charge in [0.05, 0.1) is 0 Å². The van der Waals surface area contributed by atoms with Gasteiger partial charge in [-0.25, -0.2) is 19.3 Å². The minimum absolute atomic E-state index is 0.0137. The van der Waals surface area contributed by atoms with E-state index < -0.39 is 23.8 Å². The maximum atomic E-state index is 13.6. The van der Waals surface area contributed by atoms with Gasteiger partial charge in [-0.3, -0.25) is 10.1 Å². The molecule has 2 fully saturated rings. The lowest BCUT2D eigenvalue weighted by Gasteiger charge is -2.13. The number of nitrogens with zero attached hydrogens (tertiary/aromatic N) is 3.